The van der Waals surface area contributed by atoms with E-state index in [0.29, 0.717) is 6.04 Å². The van der Waals surface area contributed by atoms with Gasteiger partial charge < -0.3 is 10.6 Å². The molecule has 1 saturated heterocycles. The molecule has 70 valence electrons. The van der Waals surface area contributed by atoms with E-state index in [-0.39, 0.29) is 0 Å². The first-order chi connectivity index (χ1) is 5.77. The third-order valence-electron chi connectivity index (χ3n) is 3.38. The number of hydrogen-bond donors (Lipinski definition) is 2. The molecule has 2 heteroatoms. The highest BCUT2D eigenvalue weighted by Crippen LogP contribution is 2.26. The zero-order valence-electron chi connectivity index (χ0n) is 8.14. The molecule has 1 aliphatic heterocycles. The van der Waals surface area contributed by atoms with Gasteiger partial charge in [-0.15, -0.1) is 0 Å². The number of hydrogen-bond acceptors (Lipinski definition) is 2. The fourth-order valence-corrected chi connectivity index (χ4v) is 2.64. The molecule has 2 N–H and O–H groups in total. The average Bonchev–Trinajstić information content (AvgIpc) is 2.07. The second kappa shape index (κ2) is 3.35. The largest absolute Gasteiger partial charge is 0.311 e. The molecule has 0 spiro atoms. The summed E-state index contributed by atoms with van der Waals surface area (Å²) in [4.78, 5) is 0. The molecule has 4 atom stereocenters. The molecule has 1 heterocycles. The highest BCUT2D eigenvalue weighted by molar-refractivity contribution is 4.95. The van der Waals surface area contributed by atoms with E-state index < -0.39 is 0 Å². The van der Waals surface area contributed by atoms with Crippen LogP contribution < -0.4 is 10.6 Å². The molecular weight excluding hydrogens is 148 g/mol. The van der Waals surface area contributed by atoms with Gasteiger partial charge in [0.15, 0.2) is 0 Å². The first-order valence-electron chi connectivity index (χ1n) is 5.27. The van der Waals surface area contributed by atoms with E-state index in [9.17, 15) is 0 Å². The van der Waals surface area contributed by atoms with E-state index in [1.54, 1.807) is 0 Å². The Morgan fingerprint density at radius 1 is 1.17 bits per heavy atom. The molecule has 2 aliphatic rings. The summed E-state index contributed by atoms with van der Waals surface area (Å²) in [7, 11) is 0. The van der Waals surface area contributed by atoms with E-state index in [2.05, 4.69) is 24.5 Å². The van der Waals surface area contributed by atoms with Crippen molar-refractivity contribution in [2.24, 2.45) is 5.92 Å². The first kappa shape index (κ1) is 8.52. The highest BCUT2D eigenvalue weighted by Gasteiger charge is 2.33. The van der Waals surface area contributed by atoms with Crippen LogP contribution in [0.4, 0.5) is 0 Å². The third kappa shape index (κ3) is 1.50. The van der Waals surface area contributed by atoms with Crippen molar-refractivity contribution in [3.63, 3.8) is 0 Å². The monoisotopic (exact) mass is 168 g/mol. The van der Waals surface area contributed by atoms with Gasteiger partial charge in [0.25, 0.3) is 0 Å². The van der Waals surface area contributed by atoms with Crippen LogP contribution in [0.2, 0.25) is 0 Å². The molecule has 1 saturated carbocycles. The Bertz CT molecular complexity index is 158. The van der Waals surface area contributed by atoms with E-state index in [0.717, 1.165) is 24.5 Å². The number of rotatable bonds is 0. The van der Waals surface area contributed by atoms with Gasteiger partial charge in [-0.25, -0.2) is 0 Å². The minimum absolute atomic E-state index is 0.659. The minimum Gasteiger partial charge on any atom is -0.311 e. The average molecular weight is 168 g/mol. The third-order valence-corrected chi connectivity index (χ3v) is 3.38. The fourth-order valence-electron chi connectivity index (χ4n) is 2.64. The normalized spacial score (nSPS) is 48.5. The zero-order valence-corrected chi connectivity index (χ0v) is 8.14. The summed E-state index contributed by atoms with van der Waals surface area (Å²) in [6, 6.07) is 2.15. The van der Waals surface area contributed by atoms with Crippen LogP contribution in [0.3, 0.4) is 0 Å². The second-order valence-corrected chi connectivity index (χ2v) is 4.52. The summed E-state index contributed by atoms with van der Waals surface area (Å²) in [6.45, 7) is 5.79. The van der Waals surface area contributed by atoms with Gasteiger partial charge >= 0.3 is 0 Å². The molecule has 0 radical (unpaired) electrons. The fraction of sp³-hybridized carbons (Fsp3) is 1.00. The Kier molecular flexibility index (Phi) is 2.37. The predicted molar refractivity (Wildman–Crippen MR) is 51.2 cm³/mol. The van der Waals surface area contributed by atoms with Gasteiger partial charge in [0.05, 0.1) is 0 Å². The summed E-state index contributed by atoms with van der Waals surface area (Å²) in [5.41, 5.74) is 0. The molecule has 0 aromatic rings. The smallest absolute Gasteiger partial charge is 0.0249 e. The van der Waals surface area contributed by atoms with Crippen molar-refractivity contribution in [3.05, 3.63) is 0 Å². The standard InChI is InChI=1S/C10H20N2/c1-7-4-3-5-9-10(7)12-8(2)6-11-9/h7-12H,3-6H2,1-2H3. The summed E-state index contributed by atoms with van der Waals surface area (Å²) in [5, 5.41) is 7.34. The molecule has 0 amide bonds. The van der Waals surface area contributed by atoms with Crippen LogP contribution in [-0.2, 0) is 0 Å². The molecule has 4 unspecified atom stereocenters. The van der Waals surface area contributed by atoms with Gasteiger partial charge in [-0.05, 0) is 25.7 Å². The van der Waals surface area contributed by atoms with Crippen molar-refractivity contribution < 1.29 is 0 Å². The number of piperazine rings is 1. The van der Waals surface area contributed by atoms with Crippen LogP contribution in [0, 0.1) is 5.92 Å². The molecule has 1 aliphatic carbocycles. The topological polar surface area (TPSA) is 24.1 Å². The zero-order chi connectivity index (χ0) is 8.55. The minimum atomic E-state index is 0.659. The lowest BCUT2D eigenvalue weighted by atomic mass is 9.80. The summed E-state index contributed by atoms with van der Waals surface area (Å²) >= 11 is 0. The van der Waals surface area contributed by atoms with Crippen LogP contribution in [0.5, 0.6) is 0 Å². The Hall–Kier alpha value is -0.0800. The van der Waals surface area contributed by atoms with E-state index in [1.165, 1.54) is 19.3 Å². The van der Waals surface area contributed by atoms with Crippen LogP contribution in [0.15, 0.2) is 0 Å². The van der Waals surface area contributed by atoms with Crippen molar-refractivity contribution in [1.82, 2.24) is 10.6 Å². The maximum atomic E-state index is 3.71. The van der Waals surface area contributed by atoms with Crippen molar-refractivity contribution in [1.29, 1.82) is 0 Å². The van der Waals surface area contributed by atoms with Gasteiger partial charge in [0.2, 0.25) is 0 Å². The lowest BCUT2D eigenvalue weighted by molar-refractivity contribution is 0.167. The second-order valence-electron chi connectivity index (χ2n) is 4.52. The van der Waals surface area contributed by atoms with Gasteiger partial charge in [-0.2, -0.15) is 0 Å². The maximum Gasteiger partial charge on any atom is 0.0249 e. The van der Waals surface area contributed by atoms with Crippen LogP contribution >= 0.6 is 0 Å². The molecule has 2 rings (SSSR count). The van der Waals surface area contributed by atoms with Crippen LogP contribution in [0.1, 0.15) is 33.1 Å². The van der Waals surface area contributed by atoms with Crippen LogP contribution in [-0.4, -0.2) is 24.7 Å². The van der Waals surface area contributed by atoms with E-state index >= 15 is 0 Å². The van der Waals surface area contributed by atoms with Crippen molar-refractivity contribution in [2.45, 2.75) is 51.2 Å². The molecule has 0 aromatic carbocycles. The van der Waals surface area contributed by atoms with Crippen molar-refractivity contribution in [3.8, 4) is 0 Å². The SMILES string of the molecule is CC1CNC2CCCC(C)C2N1. The molecule has 2 fully saturated rings. The molecule has 2 nitrogen and oxygen atoms in total. The van der Waals surface area contributed by atoms with Gasteiger partial charge in [0, 0.05) is 24.7 Å². The van der Waals surface area contributed by atoms with Gasteiger partial charge in [0.1, 0.15) is 0 Å². The Morgan fingerprint density at radius 2 is 2.00 bits per heavy atom. The first-order valence-corrected chi connectivity index (χ1v) is 5.27. The van der Waals surface area contributed by atoms with E-state index in [1.807, 2.05) is 0 Å². The maximum absolute atomic E-state index is 3.71. The predicted octanol–water partition coefficient (Wildman–Crippen LogP) is 1.12. The Labute approximate surface area is 75.1 Å². The van der Waals surface area contributed by atoms with Crippen molar-refractivity contribution >= 4 is 0 Å². The quantitative estimate of drug-likeness (QED) is 0.566. The summed E-state index contributed by atoms with van der Waals surface area (Å²) in [5.74, 6) is 0.860. The summed E-state index contributed by atoms with van der Waals surface area (Å²) < 4.78 is 0. The lowest BCUT2D eigenvalue weighted by Crippen LogP contribution is -2.63. The summed E-state index contributed by atoms with van der Waals surface area (Å²) in [6.07, 6.45) is 4.18. The van der Waals surface area contributed by atoms with Crippen LogP contribution in [0.25, 0.3) is 0 Å². The number of fused-ring (bicyclic) bond motifs is 1. The molecular formula is C10H20N2. The Morgan fingerprint density at radius 3 is 2.83 bits per heavy atom. The van der Waals surface area contributed by atoms with Gasteiger partial charge in [-0.1, -0.05) is 13.3 Å². The molecule has 0 aromatic heterocycles. The lowest BCUT2D eigenvalue weighted by Gasteiger charge is -2.43. The number of nitrogens with one attached hydrogen (secondary N) is 2. The van der Waals surface area contributed by atoms with E-state index in [4.69, 9.17) is 0 Å². The van der Waals surface area contributed by atoms with Gasteiger partial charge in [-0.3, -0.25) is 0 Å². The molecule has 12 heavy (non-hydrogen) atoms. The highest BCUT2D eigenvalue weighted by atomic mass is 15.1. The van der Waals surface area contributed by atoms with Crippen molar-refractivity contribution in [2.75, 3.05) is 6.54 Å². The molecule has 0 bridgehead atoms. The Balaban J connectivity index is 2.00.